The van der Waals surface area contributed by atoms with E-state index < -0.39 is 11.7 Å². The SMILES string of the molecule is O=C(Cc1ccc(C(F)(F)F)cc1)N1CCN(c2ccnc(N3CCOCC3)n2)CC1. The number of ether oxygens (including phenoxy) is 1. The first-order valence-electron chi connectivity index (χ1n) is 10.2. The molecule has 0 aliphatic carbocycles. The van der Waals surface area contributed by atoms with Crippen molar-refractivity contribution in [2.24, 2.45) is 0 Å². The molecule has 7 nitrogen and oxygen atoms in total. The minimum atomic E-state index is -4.37. The normalized spacial score (nSPS) is 17.7. The Bertz CT molecular complexity index is 893. The van der Waals surface area contributed by atoms with Crippen LogP contribution >= 0.6 is 0 Å². The van der Waals surface area contributed by atoms with Crippen LogP contribution in [0.25, 0.3) is 0 Å². The summed E-state index contributed by atoms with van der Waals surface area (Å²) in [5, 5.41) is 0. The summed E-state index contributed by atoms with van der Waals surface area (Å²) < 4.78 is 43.4. The van der Waals surface area contributed by atoms with Gasteiger partial charge in [0, 0.05) is 45.5 Å². The first-order valence-corrected chi connectivity index (χ1v) is 10.2. The zero-order chi connectivity index (χ0) is 21.8. The number of nitrogens with zero attached hydrogens (tertiary/aromatic N) is 5. The number of morpholine rings is 1. The molecule has 1 aromatic carbocycles. The molecule has 2 saturated heterocycles. The van der Waals surface area contributed by atoms with Crippen LogP contribution in [0.15, 0.2) is 36.5 Å². The summed E-state index contributed by atoms with van der Waals surface area (Å²) in [4.78, 5) is 27.6. The number of piperazine rings is 1. The zero-order valence-electron chi connectivity index (χ0n) is 17.0. The Labute approximate surface area is 178 Å². The van der Waals surface area contributed by atoms with Gasteiger partial charge in [0.15, 0.2) is 0 Å². The largest absolute Gasteiger partial charge is 0.416 e. The summed E-state index contributed by atoms with van der Waals surface area (Å²) in [6, 6.07) is 6.63. The van der Waals surface area contributed by atoms with Crippen molar-refractivity contribution in [1.29, 1.82) is 0 Å². The van der Waals surface area contributed by atoms with E-state index in [-0.39, 0.29) is 12.3 Å². The molecule has 166 valence electrons. The van der Waals surface area contributed by atoms with Gasteiger partial charge >= 0.3 is 6.18 Å². The number of hydrogen-bond donors (Lipinski definition) is 0. The molecule has 31 heavy (non-hydrogen) atoms. The van der Waals surface area contributed by atoms with Crippen molar-refractivity contribution in [2.75, 3.05) is 62.3 Å². The molecular formula is C21H24F3N5O2. The van der Waals surface area contributed by atoms with E-state index in [0.717, 1.165) is 31.0 Å². The maximum absolute atomic E-state index is 12.7. The molecule has 2 fully saturated rings. The van der Waals surface area contributed by atoms with Crippen molar-refractivity contribution in [1.82, 2.24) is 14.9 Å². The summed E-state index contributed by atoms with van der Waals surface area (Å²) in [6.07, 6.45) is -2.54. The van der Waals surface area contributed by atoms with Gasteiger partial charge in [-0.05, 0) is 23.8 Å². The Morgan fingerprint density at radius 2 is 1.61 bits per heavy atom. The highest BCUT2D eigenvalue weighted by Gasteiger charge is 2.30. The highest BCUT2D eigenvalue weighted by molar-refractivity contribution is 5.79. The quantitative estimate of drug-likeness (QED) is 0.734. The molecule has 10 heteroatoms. The van der Waals surface area contributed by atoms with Crippen LogP contribution in [0.5, 0.6) is 0 Å². The molecule has 0 bridgehead atoms. The van der Waals surface area contributed by atoms with Crippen LogP contribution in [0.4, 0.5) is 24.9 Å². The minimum Gasteiger partial charge on any atom is -0.378 e. The Morgan fingerprint density at radius 3 is 2.26 bits per heavy atom. The van der Waals surface area contributed by atoms with Crippen molar-refractivity contribution in [3.8, 4) is 0 Å². The molecule has 4 rings (SSSR count). The molecule has 0 radical (unpaired) electrons. The smallest absolute Gasteiger partial charge is 0.378 e. The number of amides is 1. The van der Waals surface area contributed by atoms with Crippen molar-refractivity contribution in [3.05, 3.63) is 47.7 Å². The molecule has 2 aliphatic heterocycles. The third kappa shape index (κ3) is 5.25. The lowest BCUT2D eigenvalue weighted by atomic mass is 10.1. The van der Waals surface area contributed by atoms with Crippen molar-refractivity contribution in [3.63, 3.8) is 0 Å². The third-order valence-corrected chi connectivity index (χ3v) is 5.52. The van der Waals surface area contributed by atoms with Gasteiger partial charge in [0.25, 0.3) is 0 Å². The highest BCUT2D eigenvalue weighted by atomic mass is 19.4. The van der Waals surface area contributed by atoms with Gasteiger partial charge in [0.1, 0.15) is 5.82 Å². The Morgan fingerprint density at radius 1 is 0.935 bits per heavy atom. The van der Waals surface area contributed by atoms with E-state index in [1.54, 1.807) is 11.1 Å². The van der Waals surface area contributed by atoms with Crippen molar-refractivity contribution < 1.29 is 22.7 Å². The lowest BCUT2D eigenvalue weighted by Gasteiger charge is -2.36. The van der Waals surface area contributed by atoms with E-state index in [1.807, 2.05) is 6.07 Å². The first kappa shape index (κ1) is 21.4. The molecule has 2 aromatic rings. The Kier molecular flexibility index (Phi) is 6.26. The van der Waals surface area contributed by atoms with Crippen molar-refractivity contribution >= 4 is 17.7 Å². The predicted octanol–water partition coefficient (Wildman–Crippen LogP) is 2.22. The van der Waals surface area contributed by atoms with Gasteiger partial charge in [-0.3, -0.25) is 4.79 Å². The van der Waals surface area contributed by atoms with E-state index in [4.69, 9.17) is 4.74 Å². The van der Waals surface area contributed by atoms with Crippen LogP contribution in [0.3, 0.4) is 0 Å². The molecule has 3 heterocycles. The highest BCUT2D eigenvalue weighted by Crippen LogP contribution is 2.29. The van der Waals surface area contributed by atoms with Gasteiger partial charge in [0.05, 0.1) is 25.2 Å². The molecule has 0 N–H and O–H groups in total. The minimum absolute atomic E-state index is 0.0869. The summed E-state index contributed by atoms with van der Waals surface area (Å²) in [6.45, 7) is 5.19. The van der Waals surface area contributed by atoms with Crippen LogP contribution in [0.2, 0.25) is 0 Å². The number of halogens is 3. The van der Waals surface area contributed by atoms with Gasteiger partial charge in [0.2, 0.25) is 11.9 Å². The van der Waals surface area contributed by atoms with Crippen LogP contribution < -0.4 is 9.80 Å². The molecule has 0 saturated carbocycles. The van der Waals surface area contributed by atoms with E-state index in [9.17, 15) is 18.0 Å². The van der Waals surface area contributed by atoms with E-state index in [2.05, 4.69) is 19.8 Å². The number of anilines is 2. The maximum Gasteiger partial charge on any atom is 0.416 e. The number of rotatable bonds is 4. The van der Waals surface area contributed by atoms with Gasteiger partial charge in [-0.15, -0.1) is 0 Å². The summed E-state index contributed by atoms with van der Waals surface area (Å²) in [5.74, 6) is 1.42. The lowest BCUT2D eigenvalue weighted by molar-refractivity contribution is -0.137. The van der Waals surface area contributed by atoms with E-state index >= 15 is 0 Å². The molecule has 2 aliphatic rings. The number of carbonyl (C=O) groups is 1. The standard InChI is InChI=1S/C21H24F3N5O2/c22-21(23,24)17-3-1-16(2-4-17)15-19(30)28-9-7-27(8-10-28)18-5-6-25-20(26-18)29-11-13-31-14-12-29/h1-6H,7-15H2. The number of alkyl halides is 3. The fourth-order valence-electron chi connectivity index (χ4n) is 3.71. The molecule has 0 unspecified atom stereocenters. The number of aromatic nitrogens is 2. The van der Waals surface area contributed by atoms with Gasteiger partial charge in [-0.2, -0.15) is 18.2 Å². The summed E-state index contributed by atoms with van der Waals surface area (Å²) in [5.41, 5.74) is -0.134. The average Bonchev–Trinajstić information content (AvgIpc) is 2.79. The van der Waals surface area contributed by atoms with Gasteiger partial charge in [-0.25, -0.2) is 4.98 Å². The van der Waals surface area contributed by atoms with Crippen LogP contribution in [-0.4, -0.2) is 73.3 Å². The Balaban J connectivity index is 1.32. The molecule has 0 spiro atoms. The fraction of sp³-hybridized carbons (Fsp3) is 0.476. The molecular weight excluding hydrogens is 411 g/mol. The van der Waals surface area contributed by atoms with E-state index in [0.29, 0.717) is 50.9 Å². The van der Waals surface area contributed by atoms with Crippen molar-refractivity contribution in [2.45, 2.75) is 12.6 Å². The third-order valence-electron chi connectivity index (χ3n) is 5.52. The van der Waals surface area contributed by atoms with Crippen LogP contribution in [-0.2, 0) is 22.1 Å². The second-order valence-electron chi connectivity index (χ2n) is 7.55. The second-order valence-corrected chi connectivity index (χ2v) is 7.55. The lowest BCUT2D eigenvalue weighted by Crippen LogP contribution is -2.49. The van der Waals surface area contributed by atoms with Crippen LogP contribution in [0, 0.1) is 0 Å². The fourth-order valence-corrected chi connectivity index (χ4v) is 3.71. The second kappa shape index (κ2) is 9.09. The average molecular weight is 435 g/mol. The number of hydrogen-bond acceptors (Lipinski definition) is 6. The number of benzene rings is 1. The molecule has 0 atom stereocenters. The first-order chi connectivity index (χ1) is 14.9. The Hall–Kier alpha value is -2.88. The van der Waals surface area contributed by atoms with E-state index in [1.165, 1.54) is 12.1 Å². The number of carbonyl (C=O) groups excluding carboxylic acids is 1. The molecule has 1 aromatic heterocycles. The maximum atomic E-state index is 12.7. The monoisotopic (exact) mass is 435 g/mol. The zero-order valence-corrected chi connectivity index (χ0v) is 17.0. The molecule has 1 amide bonds. The van der Waals surface area contributed by atoms with Crippen LogP contribution in [0.1, 0.15) is 11.1 Å². The predicted molar refractivity (Wildman–Crippen MR) is 109 cm³/mol. The van der Waals surface area contributed by atoms with Gasteiger partial charge < -0.3 is 19.4 Å². The summed E-state index contributed by atoms with van der Waals surface area (Å²) in [7, 11) is 0. The summed E-state index contributed by atoms with van der Waals surface area (Å²) >= 11 is 0. The topological polar surface area (TPSA) is 61.8 Å². The van der Waals surface area contributed by atoms with Gasteiger partial charge in [-0.1, -0.05) is 12.1 Å².